The Hall–Kier alpha value is -1.59. The molecule has 0 aliphatic carbocycles. The summed E-state index contributed by atoms with van der Waals surface area (Å²) >= 11 is 5.83. The van der Waals surface area contributed by atoms with Crippen molar-refractivity contribution in [1.82, 2.24) is 0 Å². The van der Waals surface area contributed by atoms with Crippen LogP contribution in [0.2, 0.25) is 0 Å². The van der Waals surface area contributed by atoms with Gasteiger partial charge in [-0.25, -0.2) is 0 Å². The van der Waals surface area contributed by atoms with Crippen LogP contribution < -0.4 is 28.3 Å². The topological polar surface area (TPSA) is 0 Å². The molecule has 0 aliphatic heterocycles. The molecule has 3 rings (SSSR count). The summed E-state index contributed by atoms with van der Waals surface area (Å²) in [7, 11) is -1.72. The SMILES string of the molecule is ClCCCC=CC[P+](c1ccccc1)(c1ccccc1)c1ccccc1.[Cl-]. The predicted molar refractivity (Wildman–Crippen MR) is 119 cm³/mol. The molecule has 27 heavy (non-hydrogen) atoms. The molecule has 0 atom stereocenters. The van der Waals surface area contributed by atoms with E-state index < -0.39 is 7.26 Å². The van der Waals surface area contributed by atoms with Gasteiger partial charge < -0.3 is 12.4 Å². The third-order valence-corrected chi connectivity index (χ3v) is 9.21. The molecule has 0 nitrogen and oxygen atoms in total. The highest BCUT2D eigenvalue weighted by atomic mass is 35.5. The minimum atomic E-state index is -1.72. The molecule has 0 radical (unpaired) electrons. The van der Waals surface area contributed by atoms with Crippen molar-refractivity contribution in [2.24, 2.45) is 0 Å². The zero-order valence-corrected chi connectivity index (χ0v) is 17.8. The summed E-state index contributed by atoms with van der Waals surface area (Å²) in [6.07, 6.45) is 7.78. The van der Waals surface area contributed by atoms with Gasteiger partial charge in [0.1, 0.15) is 23.2 Å². The van der Waals surface area contributed by atoms with E-state index in [2.05, 4.69) is 103 Å². The molecule has 3 heteroatoms. The third kappa shape index (κ3) is 5.23. The maximum absolute atomic E-state index is 5.83. The molecule has 0 spiro atoms. The molecular weight excluding hydrogens is 390 g/mol. The molecule has 0 N–H and O–H groups in total. The van der Waals surface area contributed by atoms with Crippen molar-refractivity contribution in [3.63, 3.8) is 0 Å². The van der Waals surface area contributed by atoms with Crippen LogP contribution in [0, 0.1) is 0 Å². The second-order valence-electron chi connectivity index (χ2n) is 6.30. The standard InChI is InChI=1S/C24H25ClP.ClH/c25-20-12-1-2-13-21-26(22-14-6-3-7-15-22,23-16-8-4-9-17-23)24-18-10-5-11-19-24;/h2-11,13-19H,1,12,20-21H2;1H/q+1;/p-1. The van der Waals surface area contributed by atoms with E-state index in [0.29, 0.717) is 0 Å². The zero-order chi connectivity index (χ0) is 18.1. The van der Waals surface area contributed by atoms with Gasteiger partial charge >= 0.3 is 0 Å². The van der Waals surface area contributed by atoms with E-state index in [1.165, 1.54) is 15.9 Å². The van der Waals surface area contributed by atoms with E-state index in [1.807, 2.05) is 0 Å². The van der Waals surface area contributed by atoms with Crippen LogP contribution in [0.4, 0.5) is 0 Å². The lowest BCUT2D eigenvalue weighted by Crippen LogP contribution is -3.00. The Kier molecular flexibility index (Phi) is 9.08. The summed E-state index contributed by atoms with van der Waals surface area (Å²) in [6, 6.07) is 33.0. The lowest BCUT2D eigenvalue weighted by atomic mass is 10.3. The van der Waals surface area contributed by atoms with Gasteiger partial charge in [-0.1, -0.05) is 66.7 Å². The first-order valence-corrected chi connectivity index (χ1v) is 11.6. The quantitative estimate of drug-likeness (QED) is 0.230. The van der Waals surface area contributed by atoms with Crippen LogP contribution in [0.25, 0.3) is 0 Å². The molecule has 0 saturated carbocycles. The number of benzene rings is 3. The molecule has 0 aliphatic rings. The molecule has 0 aromatic heterocycles. The van der Waals surface area contributed by atoms with Gasteiger partial charge in [0.25, 0.3) is 0 Å². The largest absolute Gasteiger partial charge is 1.00 e. The van der Waals surface area contributed by atoms with Gasteiger partial charge in [0.15, 0.2) is 0 Å². The lowest BCUT2D eigenvalue weighted by molar-refractivity contribution is -0.00000500. The van der Waals surface area contributed by atoms with Gasteiger partial charge in [-0.3, -0.25) is 0 Å². The van der Waals surface area contributed by atoms with Gasteiger partial charge in [-0.05, 0) is 49.2 Å². The average Bonchev–Trinajstić information content (AvgIpc) is 2.73. The van der Waals surface area contributed by atoms with Crippen LogP contribution in [0.3, 0.4) is 0 Å². The van der Waals surface area contributed by atoms with Gasteiger partial charge in [-0.15, -0.1) is 11.6 Å². The molecule has 3 aromatic rings. The summed E-state index contributed by atoms with van der Waals surface area (Å²) in [5.74, 6) is 0.723. The molecule has 0 fully saturated rings. The second-order valence-corrected chi connectivity index (χ2v) is 10.2. The van der Waals surface area contributed by atoms with Gasteiger partial charge in [-0.2, -0.15) is 0 Å². The highest BCUT2D eigenvalue weighted by molar-refractivity contribution is 7.95. The Morgan fingerprint density at radius 1 is 0.630 bits per heavy atom. The van der Waals surface area contributed by atoms with Crippen LogP contribution in [-0.4, -0.2) is 12.0 Å². The molecule has 3 aromatic carbocycles. The van der Waals surface area contributed by atoms with Crippen molar-refractivity contribution in [1.29, 1.82) is 0 Å². The van der Waals surface area contributed by atoms with Crippen molar-refractivity contribution in [3.8, 4) is 0 Å². The van der Waals surface area contributed by atoms with Gasteiger partial charge in [0.2, 0.25) is 0 Å². The molecule has 0 amide bonds. The Morgan fingerprint density at radius 3 is 1.41 bits per heavy atom. The number of unbranched alkanes of at least 4 members (excludes halogenated alkanes) is 1. The summed E-state index contributed by atoms with van der Waals surface area (Å²) in [5, 5.41) is 4.29. The smallest absolute Gasteiger partial charge is 0.115 e. The molecular formula is C24H25Cl2P. The molecule has 0 unspecified atom stereocenters. The van der Waals surface area contributed by atoms with Gasteiger partial charge in [0, 0.05) is 5.88 Å². The van der Waals surface area contributed by atoms with Crippen LogP contribution in [0.15, 0.2) is 103 Å². The number of hydrogen-bond acceptors (Lipinski definition) is 0. The van der Waals surface area contributed by atoms with Crippen LogP contribution >= 0.6 is 18.9 Å². The minimum absolute atomic E-state index is 0. The monoisotopic (exact) mass is 414 g/mol. The fraction of sp³-hybridized carbons (Fsp3) is 0.167. The van der Waals surface area contributed by atoms with Crippen LogP contribution in [-0.2, 0) is 0 Å². The molecule has 0 bridgehead atoms. The summed E-state index contributed by atoms with van der Waals surface area (Å²) in [5.41, 5.74) is 0. The first kappa shape index (κ1) is 21.7. The number of rotatable bonds is 8. The first-order valence-electron chi connectivity index (χ1n) is 9.14. The van der Waals surface area contributed by atoms with E-state index in [0.717, 1.165) is 24.9 Å². The number of alkyl halides is 1. The van der Waals surface area contributed by atoms with Crippen molar-refractivity contribution in [2.45, 2.75) is 12.8 Å². The molecule has 140 valence electrons. The van der Waals surface area contributed by atoms with Crippen molar-refractivity contribution < 1.29 is 12.4 Å². The van der Waals surface area contributed by atoms with Crippen LogP contribution in [0.1, 0.15) is 12.8 Å². The van der Waals surface area contributed by atoms with E-state index >= 15 is 0 Å². The normalized spacial score (nSPS) is 11.3. The van der Waals surface area contributed by atoms with Crippen LogP contribution in [0.5, 0.6) is 0 Å². The summed E-state index contributed by atoms with van der Waals surface area (Å²) in [6.45, 7) is 0. The maximum atomic E-state index is 5.83. The third-order valence-electron chi connectivity index (χ3n) is 4.64. The molecule has 0 saturated heterocycles. The maximum Gasteiger partial charge on any atom is 0.115 e. The van der Waals surface area contributed by atoms with E-state index in [1.54, 1.807) is 0 Å². The predicted octanol–water partition coefficient (Wildman–Crippen LogP) is 2.56. The van der Waals surface area contributed by atoms with Crippen molar-refractivity contribution in [2.75, 3.05) is 12.0 Å². The van der Waals surface area contributed by atoms with E-state index in [9.17, 15) is 0 Å². The van der Waals surface area contributed by atoms with Crippen molar-refractivity contribution >= 4 is 34.8 Å². The number of halogens is 2. The second kappa shape index (κ2) is 11.3. The highest BCUT2D eigenvalue weighted by Gasteiger charge is 2.43. The Labute approximate surface area is 175 Å². The van der Waals surface area contributed by atoms with E-state index in [-0.39, 0.29) is 12.4 Å². The first-order chi connectivity index (χ1) is 12.9. The van der Waals surface area contributed by atoms with Crippen molar-refractivity contribution in [3.05, 3.63) is 103 Å². The Morgan fingerprint density at radius 2 is 1.04 bits per heavy atom. The fourth-order valence-electron chi connectivity index (χ4n) is 3.36. The van der Waals surface area contributed by atoms with E-state index in [4.69, 9.17) is 11.6 Å². The fourth-order valence-corrected chi connectivity index (χ4v) is 7.55. The number of hydrogen-bond donors (Lipinski definition) is 0. The minimum Gasteiger partial charge on any atom is -1.00 e. The average molecular weight is 415 g/mol. The summed E-state index contributed by atoms with van der Waals surface area (Å²) in [4.78, 5) is 0. The summed E-state index contributed by atoms with van der Waals surface area (Å²) < 4.78 is 0. The van der Waals surface area contributed by atoms with Gasteiger partial charge in [0.05, 0.1) is 6.16 Å². The Balaban J connectivity index is 0.00000261. The highest BCUT2D eigenvalue weighted by Crippen LogP contribution is 2.55. The molecule has 0 heterocycles. The lowest BCUT2D eigenvalue weighted by Gasteiger charge is -2.26. The number of allylic oxidation sites excluding steroid dienone is 2. The Bertz CT molecular complexity index is 705. The zero-order valence-electron chi connectivity index (χ0n) is 15.3.